The maximum Gasteiger partial charge on any atom is 0.270 e. The van der Waals surface area contributed by atoms with Crippen LogP contribution in [-0.4, -0.2) is 9.49 Å². The highest BCUT2D eigenvalue weighted by Crippen LogP contribution is 2.37. The van der Waals surface area contributed by atoms with Gasteiger partial charge < -0.3 is 4.57 Å². The third-order valence-corrected chi connectivity index (χ3v) is 6.90. The Balaban J connectivity index is 1.85. The summed E-state index contributed by atoms with van der Waals surface area (Å²) < 4.78 is 2.33. The predicted molar refractivity (Wildman–Crippen MR) is 122 cm³/mol. The van der Waals surface area contributed by atoms with Crippen LogP contribution in [0.15, 0.2) is 58.9 Å². The Kier molecular flexibility index (Phi) is 6.13. The third kappa shape index (κ3) is 4.24. The van der Waals surface area contributed by atoms with Crippen molar-refractivity contribution in [1.82, 2.24) is 4.57 Å². The number of aromatic nitrogens is 1. The van der Waals surface area contributed by atoms with Crippen LogP contribution in [0.2, 0.25) is 0 Å². The first-order valence-electron chi connectivity index (χ1n) is 10.7. The van der Waals surface area contributed by atoms with E-state index in [-0.39, 0.29) is 10.6 Å². The van der Waals surface area contributed by atoms with E-state index in [0.717, 1.165) is 34.6 Å². The van der Waals surface area contributed by atoms with E-state index in [1.54, 1.807) is 29.5 Å². The summed E-state index contributed by atoms with van der Waals surface area (Å²) in [6.07, 6.45) is 5.79. The summed E-state index contributed by atoms with van der Waals surface area (Å²) in [5.74, 6) is 0.548. The maximum atomic E-state index is 11.3. The zero-order chi connectivity index (χ0) is 21.1. The van der Waals surface area contributed by atoms with Crippen LogP contribution in [0.25, 0.3) is 11.3 Å². The molecule has 0 N–H and O–H groups in total. The molecular formula is C24H27N3O2S. The fourth-order valence-electron chi connectivity index (χ4n) is 4.31. The van der Waals surface area contributed by atoms with Crippen LogP contribution in [0.1, 0.15) is 51.1 Å². The van der Waals surface area contributed by atoms with Gasteiger partial charge in [-0.15, -0.1) is 11.3 Å². The standard InChI is InChI=1S/C24H27N3O2S/c1-3-18-11-13-20(14-12-18)25-24-26(22-10-5-4-7-17(22)2)23(16-30-24)19-8-6-9-21(15-19)27(28)29/h6,8-9,11-17,22H,3-5,7,10H2,1-2H3. The van der Waals surface area contributed by atoms with Gasteiger partial charge in [-0.1, -0.05) is 51.0 Å². The number of thiazole rings is 1. The minimum absolute atomic E-state index is 0.121. The molecule has 2 atom stereocenters. The van der Waals surface area contributed by atoms with Crippen LogP contribution in [-0.2, 0) is 6.42 Å². The normalized spacial score (nSPS) is 19.7. The second-order valence-electron chi connectivity index (χ2n) is 8.04. The van der Waals surface area contributed by atoms with Crippen molar-refractivity contribution in [2.75, 3.05) is 0 Å². The van der Waals surface area contributed by atoms with Crippen molar-refractivity contribution in [2.24, 2.45) is 10.9 Å². The van der Waals surface area contributed by atoms with Crippen molar-refractivity contribution in [3.8, 4) is 11.3 Å². The average Bonchev–Trinajstić information content (AvgIpc) is 3.18. The van der Waals surface area contributed by atoms with Crippen molar-refractivity contribution in [1.29, 1.82) is 0 Å². The van der Waals surface area contributed by atoms with E-state index in [1.165, 1.54) is 24.8 Å². The smallest absolute Gasteiger partial charge is 0.270 e. The van der Waals surface area contributed by atoms with Gasteiger partial charge in [0.2, 0.25) is 0 Å². The van der Waals surface area contributed by atoms with Gasteiger partial charge in [-0.05, 0) is 42.9 Å². The summed E-state index contributed by atoms with van der Waals surface area (Å²) >= 11 is 1.61. The van der Waals surface area contributed by atoms with E-state index in [1.807, 2.05) is 6.07 Å². The lowest BCUT2D eigenvalue weighted by atomic mass is 9.85. The topological polar surface area (TPSA) is 60.4 Å². The molecule has 0 amide bonds. The molecule has 1 heterocycles. The molecule has 1 aliphatic carbocycles. The van der Waals surface area contributed by atoms with Crippen molar-refractivity contribution >= 4 is 22.7 Å². The molecular weight excluding hydrogens is 394 g/mol. The third-order valence-electron chi connectivity index (χ3n) is 6.06. The van der Waals surface area contributed by atoms with Gasteiger partial charge in [0.05, 0.1) is 16.3 Å². The summed E-state index contributed by atoms with van der Waals surface area (Å²) in [4.78, 5) is 16.9. The molecule has 2 unspecified atom stereocenters. The fourth-order valence-corrected chi connectivity index (χ4v) is 5.28. The van der Waals surface area contributed by atoms with Gasteiger partial charge in [0.1, 0.15) is 0 Å². The molecule has 2 aromatic carbocycles. The highest BCUT2D eigenvalue weighted by molar-refractivity contribution is 7.07. The number of non-ortho nitro benzene ring substituents is 1. The lowest BCUT2D eigenvalue weighted by molar-refractivity contribution is -0.384. The summed E-state index contributed by atoms with van der Waals surface area (Å²) in [5, 5.41) is 13.4. The Morgan fingerprint density at radius 1 is 1.17 bits per heavy atom. The van der Waals surface area contributed by atoms with Crippen LogP contribution in [0.3, 0.4) is 0 Å². The summed E-state index contributed by atoms with van der Waals surface area (Å²) in [7, 11) is 0. The fraction of sp³-hybridized carbons (Fsp3) is 0.375. The second-order valence-corrected chi connectivity index (χ2v) is 8.88. The molecule has 0 saturated heterocycles. The molecule has 0 spiro atoms. The molecule has 1 aromatic heterocycles. The quantitative estimate of drug-likeness (QED) is 0.341. The summed E-state index contributed by atoms with van der Waals surface area (Å²) in [5.41, 5.74) is 4.26. The van der Waals surface area contributed by atoms with Crippen LogP contribution in [0.5, 0.6) is 0 Å². The minimum atomic E-state index is -0.329. The number of nitro groups is 1. The van der Waals surface area contributed by atoms with Crippen molar-refractivity contribution < 1.29 is 4.92 Å². The zero-order valence-corrected chi connectivity index (χ0v) is 18.3. The Morgan fingerprint density at radius 2 is 1.93 bits per heavy atom. The first-order valence-corrected chi connectivity index (χ1v) is 11.5. The van der Waals surface area contributed by atoms with E-state index >= 15 is 0 Å². The first kappa shape index (κ1) is 20.5. The average molecular weight is 422 g/mol. The molecule has 156 valence electrons. The zero-order valence-electron chi connectivity index (χ0n) is 17.5. The van der Waals surface area contributed by atoms with Gasteiger partial charge in [-0.2, -0.15) is 0 Å². The SMILES string of the molecule is CCc1ccc(N=c2scc(-c3cccc([N+](=O)[O-])c3)n2C2CCCCC2C)cc1. The molecule has 30 heavy (non-hydrogen) atoms. The lowest BCUT2D eigenvalue weighted by Crippen LogP contribution is -2.28. The van der Waals surface area contributed by atoms with Gasteiger partial charge in [-0.3, -0.25) is 10.1 Å². The highest BCUT2D eigenvalue weighted by atomic mass is 32.1. The molecule has 1 aliphatic rings. The molecule has 1 saturated carbocycles. The molecule has 1 fully saturated rings. The molecule has 6 heteroatoms. The Bertz CT molecular complexity index is 1100. The number of nitrogens with zero attached hydrogens (tertiary/aromatic N) is 3. The van der Waals surface area contributed by atoms with Gasteiger partial charge in [0, 0.05) is 29.1 Å². The molecule has 0 bridgehead atoms. The van der Waals surface area contributed by atoms with E-state index < -0.39 is 0 Å². The maximum absolute atomic E-state index is 11.3. The van der Waals surface area contributed by atoms with Gasteiger partial charge in [0.15, 0.2) is 4.80 Å². The lowest BCUT2D eigenvalue weighted by Gasteiger charge is -2.31. The van der Waals surface area contributed by atoms with Gasteiger partial charge in [0.25, 0.3) is 5.69 Å². The van der Waals surface area contributed by atoms with Crippen LogP contribution >= 0.6 is 11.3 Å². The van der Waals surface area contributed by atoms with Crippen LogP contribution < -0.4 is 4.80 Å². The van der Waals surface area contributed by atoms with Gasteiger partial charge >= 0.3 is 0 Å². The predicted octanol–water partition coefficient (Wildman–Crippen LogP) is 6.67. The van der Waals surface area contributed by atoms with E-state index in [4.69, 9.17) is 4.99 Å². The van der Waals surface area contributed by atoms with Crippen molar-refractivity contribution in [3.63, 3.8) is 0 Å². The molecule has 5 nitrogen and oxygen atoms in total. The number of aryl methyl sites for hydroxylation is 1. The Labute approximate surface area is 180 Å². The molecule has 4 rings (SSSR count). The van der Waals surface area contributed by atoms with Gasteiger partial charge in [-0.25, -0.2) is 4.99 Å². The second kappa shape index (κ2) is 8.96. The van der Waals surface area contributed by atoms with E-state index in [0.29, 0.717) is 12.0 Å². The van der Waals surface area contributed by atoms with E-state index in [2.05, 4.69) is 48.1 Å². The number of hydrogen-bond donors (Lipinski definition) is 0. The largest absolute Gasteiger partial charge is 0.313 e. The van der Waals surface area contributed by atoms with Crippen molar-refractivity contribution in [2.45, 2.75) is 52.0 Å². The minimum Gasteiger partial charge on any atom is -0.313 e. The highest BCUT2D eigenvalue weighted by Gasteiger charge is 2.26. The molecule has 0 aliphatic heterocycles. The number of rotatable bonds is 5. The first-order chi connectivity index (χ1) is 14.6. The summed E-state index contributed by atoms with van der Waals surface area (Å²) in [6.45, 7) is 4.46. The number of hydrogen-bond acceptors (Lipinski definition) is 4. The molecule has 3 aromatic rings. The Hall–Kier alpha value is -2.73. The van der Waals surface area contributed by atoms with Crippen molar-refractivity contribution in [3.05, 3.63) is 74.4 Å². The molecule has 0 radical (unpaired) electrons. The number of benzene rings is 2. The number of nitro benzene ring substituents is 1. The Morgan fingerprint density at radius 3 is 2.63 bits per heavy atom. The van der Waals surface area contributed by atoms with Crippen LogP contribution in [0, 0.1) is 16.0 Å². The summed E-state index contributed by atoms with van der Waals surface area (Å²) in [6, 6.07) is 15.7. The van der Waals surface area contributed by atoms with Crippen LogP contribution in [0.4, 0.5) is 11.4 Å². The van der Waals surface area contributed by atoms with E-state index in [9.17, 15) is 10.1 Å². The monoisotopic (exact) mass is 421 g/mol.